The molecule has 0 radical (unpaired) electrons. The minimum Gasteiger partial charge on any atom is -0.417 e. The number of hydrogen-bond acceptors (Lipinski definition) is 4. The van der Waals surface area contributed by atoms with Crippen LogP contribution in [0.3, 0.4) is 0 Å². The maximum atomic E-state index is 12.8. The Morgan fingerprint density at radius 2 is 2.00 bits per heavy atom. The average molecular weight is 335 g/mol. The van der Waals surface area contributed by atoms with Crippen molar-refractivity contribution in [2.45, 2.75) is 32.0 Å². The van der Waals surface area contributed by atoms with Gasteiger partial charge in [0.15, 0.2) is 5.52 Å². The molecule has 3 aromatic rings. The minimum atomic E-state index is -4.46. The van der Waals surface area contributed by atoms with E-state index >= 15 is 0 Å². The molecule has 0 N–H and O–H groups in total. The van der Waals surface area contributed by atoms with Crippen molar-refractivity contribution in [2.24, 2.45) is 0 Å². The molecule has 8 heteroatoms. The topological polar surface area (TPSA) is 60.9 Å². The number of rotatable bonds is 1. The van der Waals surface area contributed by atoms with Crippen LogP contribution in [0.4, 0.5) is 13.2 Å². The van der Waals surface area contributed by atoms with Crippen molar-refractivity contribution in [3.8, 4) is 11.5 Å². The Labute approximate surface area is 133 Å². The summed E-state index contributed by atoms with van der Waals surface area (Å²) in [5.74, 6) is 0.592. The summed E-state index contributed by atoms with van der Waals surface area (Å²) in [6, 6.07) is 4.65. The van der Waals surface area contributed by atoms with Gasteiger partial charge in [0.2, 0.25) is 5.89 Å². The van der Waals surface area contributed by atoms with Crippen molar-refractivity contribution in [2.75, 3.05) is 0 Å². The second-order valence-electron chi connectivity index (χ2n) is 5.69. The van der Waals surface area contributed by atoms with E-state index in [9.17, 15) is 18.0 Å². The molecule has 4 rings (SSSR count). The normalized spacial score (nSPS) is 14.8. The Morgan fingerprint density at radius 1 is 1.17 bits per heavy atom. The second kappa shape index (κ2) is 5.19. The number of aromatic nitrogens is 3. The summed E-state index contributed by atoms with van der Waals surface area (Å²) >= 11 is 0. The fourth-order valence-corrected chi connectivity index (χ4v) is 2.88. The Bertz CT molecular complexity index is 988. The van der Waals surface area contributed by atoms with Crippen LogP contribution in [0.15, 0.2) is 33.5 Å². The van der Waals surface area contributed by atoms with Crippen LogP contribution in [-0.2, 0) is 19.1 Å². The maximum absolute atomic E-state index is 12.8. The van der Waals surface area contributed by atoms with Crippen molar-refractivity contribution in [3.05, 3.63) is 46.0 Å². The number of aryl methyl sites for hydroxylation is 1. The standard InChI is InChI=1S/C16H12F3N3O2/c17-16(18,19)10-5-3-4-9(8-10)13-21-12-14(24-13)20-11-6-1-2-7-22(11)15(12)23/h3-5,8H,1-2,6-7H2. The quantitative estimate of drug-likeness (QED) is 0.684. The van der Waals surface area contributed by atoms with Crippen LogP contribution in [-0.4, -0.2) is 14.5 Å². The molecule has 0 atom stereocenters. The monoisotopic (exact) mass is 335 g/mol. The highest BCUT2D eigenvalue weighted by atomic mass is 19.4. The van der Waals surface area contributed by atoms with E-state index < -0.39 is 11.7 Å². The molecule has 3 heterocycles. The first-order valence-electron chi connectivity index (χ1n) is 7.51. The van der Waals surface area contributed by atoms with Gasteiger partial charge < -0.3 is 4.42 Å². The Hall–Kier alpha value is -2.64. The molecule has 1 aliphatic heterocycles. The maximum Gasteiger partial charge on any atom is 0.416 e. The molecule has 0 unspecified atom stereocenters. The average Bonchev–Trinajstić information content (AvgIpc) is 2.99. The highest BCUT2D eigenvalue weighted by Crippen LogP contribution is 2.32. The molecule has 0 spiro atoms. The summed E-state index contributed by atoms with van der Waals surface area (Å²) in [7, 11) is 0. The molecule has 0 aliphatic carbocycles. The third-order valence-corrected chi connectivity index (χ3v) is 4.07. The Balaban J connectivity index is 1.87. The van der Waals surface area contributed by atoms with Crippen LogP contribution < -0.4 is 5.56 Å². The molecule has 0 saturated heterocycles. The van der Waals surface area contributed by atoms with E-state index in [0.717, 1.165) is 25.0 Å². The first-order chi connectivity index (χ1) is 11.4. The van der Waals surface area contributed by atoms with Gasteiger partial charge in [0, 0.05) is 18.5 Å². The number of halogens is 3. The number of benzene rings is 1. The van der Waals surface area contributed by atoms with E-state index in [1.807, 2.05) is 0 Å². The lowest BCUT2D eigenvalue weighted by Gasteiger charge is -2.15. The van der Waals surface area contributed by atoms with Crippen LogP contribution in [0.1, 0.15) is 24.2 Å². The first kappa shape index (κ1) is 14.9. The van der Waals surface area contributed by atoms with Crippen LogP contribution in [0.2, 0.25) is 0 Å². The molecule has 0 bridgehead atoms. The molecule has 5 nitrogen and oxygen atoms in total. The minimum absolute atomic E-state index is 0.0383. The third kappa shape index (κ3) is 2.38. The highest BCUT2D eigenvalue weighted by Gasteiger charge is 2.31. The Kier molecular flexibility index (Phi) is 3.22. The van der Waals surface area contributed by atoms with Gasteiger partial charge in [-0.15, -0.1) is 0 Å². The fourth-order valence-electron chi connectivity index (χ4n) is 2.88. The molecule has 24 heavy (non-hydrogen) atoms. The van der Waals surface area contributed by atoms with Crippen molar-refractivity contribution >= 4 is 11.2 Å². The van der Waals surface area contributed by atoms with Crippen molar-refractivity contribution < 1.29 is 17.6 Å². The molecule has 0 saturated carbocycles. The van der Waals surface area contributed by atoms with Gasteiger partial charge in [-0.1, -0.05) is 6.07 Å². The third-order valence-electron chi connectivity index (χ3n) is 4.07. The smallest absolute Gasteiger partial charge is 0.416 e. The second-order valence-corrected chi connectivity index (χ2v) is 5.69. The molecule has 0 fully saturated rings. The van der Waals surface area contributed by atoms with E-state index in [1.54, 1.807) is 4.57 Å². The van der Waals surface area contributed by atoms with Gasteiger partial charge in [-0.25, -0.2) is 4.98 Å². The van der Waals surface area contributed by atoms with Gasteiger partial charge in [-0.2, -0.15) is 18.2 Å². The molecule has 2 aromatic heterocycles. The largest absolute Gasteiger partial charge is 0.417 e. The van der Waals surface area contributed by atoms with Crippen LogP contribution in [0.5, 0.6) is 0 Å². The zero-order valence-electron chi connectivity index (χ0n) is 12.4. The van der Waals surface area contributed by atoms with E-state index in [0.29, 0.717) is 18.8 Å². The summed E-state index contributed by atoms with van der Waals surface area (Å²) in [6.07, 6.45) is -1.96. The van der Waals surface area contributed by atoms with E-state index in [4.69, 9.17) is 4.42 Å². The molecule has 1 aromatic carbocycles. The van der Waals surface area contributed by atoms with Crippen molar-refractivity contribution in [1.29, 1.82) is 0 Å². The number of fused-ring (bicyclic) bond motifs is 2. The zero-order valence-corrected chi connectivity index (χ0v) is 12.4. The number of hydrogen-bond donors (Lipinski definition) is 0. The molecule has 1 aliphatic rings. The SMILES string of the molecule is O=c1c2nc(-c3cccc(C(F)(F)F)c3)oc2nc2n1CCCC2. The van der Waals surface area contributed by atoms with Gasteiger partial charge >= 0.3 is 6.18 Å². The van der Waals surface area contributed by atoms with Crippen molar-refractivity contribution in [1.82, 2.24) is 14.5 Å². The lowest BCUT2D eigenvalue weighted by molar-refractivity contribution is -0.137. The lowest BCUT2D eigenvalue weighted by atomic mass is 10.1. The van der Waals surface area contributed by atoms with E-state index in [2.05, 4.69) is 9.97 Å². The lowest BCUT2D eigenvalue weighted by Crippen LogP contribution is -2.28. The first-order valence-corrected chi connectivity index (χ1v) is 7.51. The van der Waals surface area contributed by atoms with Gasteiger partial charge in [0.25, 0.3) is 11.3 Å². The number of nitrogens with zero attached hydrogens (tertiary/aromatic N) is 3. The van der Waals surface area contributed by atoms with Gasteiger partial charge in [-0.05, 0) is 31.0 Å². The number of oxazole rings is 1. The molecule has 0 amide bonds. The number of alkyl halides is 3. The van der Waals surface area contributed by atoms with Gasteiger partial charge in [0.1, 0.15) is 5.82 Å². The van der Waals surface area contributed by atoms with E-state index in [1.165, 1.54) is 12.1 Å². The van der Waals surface area contributed by atoms with Crippen LogP contribution in [0.25, 0.3) is 22.7 Å². The fraction of sp³-hybridized carbons (Fsp3) is 0.312. The van der Waals surface area contributed by atoms with Crippen molar-refractivity contribution in [3.63, 3.8) is 0 Å². The highest BCUT2D eigenvalue weighted by molar-refractivity contribution is 5.72. The summed E-state index contributed by atoms with van der Waals surface area (Å²) in [6.45, 7) is 0.572. The molecule has 124 valence electrons. The molecular weight excluding hydrogens is 323 g/mol. The Morgan fingerprint density at radius 3 is 2.79 bits per heavy atom. The summed E-state index contributed by atoms with van der Waals surface area (Å²) in [4.78, 5) is 20.9. The van der Waals surface area contributed by atoms with Crippen LogP contribution in [0, 0.1) is 0 Å². The van der Waals surface area contributed by atoms with Crippen LogP contribution >= 0.6 is 0 Å². The predicted molar refractivity (Wildman–Crippen MR) is 79.4 cm³/mol. The zero-order chi connectivity index (χ0) is 16.9. The summed E-state index contributed by atoms with van der Waals surface area (Å²) in [5, 5.41) is 0. The summed E-state index contributed by atoms with van der Waals surface area (Å²) < 4.78 is 45.5. The predicted octanol–water partition coefficient (Wildman–Crippen LogP) is 3.41. The molecular formula is C16H12F3N3O2. The van der Waals surface area contributed by atoms with Gasteiger partial charge in [-0.3, -0.25) is 9.36 Å². The van der Waals surface area contributed by atoms with Gasteiger partial charge in [0.05, 0.1) is 5.56 Å². The van der Waals surface area contributed by atoms with E-state index in [-0.39, 0.29) is 28.2 Å². The summed E-state index contributed by atoms with van der Waals surface area (Å²) in [5.41, 5.74) is -0.832.